The zero-order valence-electron chi connectivity index (χ0n) is 13.5. The molecule has 1 atom stereocenters. The SMILES string of the molecule is COC(=O)c1ccc(CNC(C)c2cccc(OC(F)F)c2)cc1. The third-order valence-electron chi connectivity index (χ3n) is 3.57. The average Bonchev–Trinajstić information content (AvgIpc) is 2.59. The van der Waals surface area contributed by atoms with Crippen LogP contribution in [-0.2, 0) is 11.3 Å². The van der Waals surface area contributed by atoms with Crippen molar-refractivity contribution >= 4 is 5.97 Å². The lowest BCUT2D eigenvalue weighted by atomic mass is 10.1. The van der Waals surface area contributed by atoms with Gasteiger partial charge in [0.15, 0.2) is 0 Å². The van der Waals surface area contributed by atoms with Crippen LogP contribution < -0.4 is 10.1 Å². The number of carbonyl (C=O) groups excluding carboxylic acids is 1. The van der Waals surface area contributed by atoms with Crippen molar-refractivity contribution in [3.63, 3.8) is 0 Å². The summed E-state index contributed by atoms with van der Waals surface area (Å²) >= 11 is 0. The lowest BCUT2D eigenvalue weighted by Crippen LogP contribution is -2.18. The van der Waals surface area contributed by atoms with Crippen LogP contribution in [0.25, 0.3) is 0 Å². The topological polar surface area (TPSA) is 47.6 Å². The van der Waals surface area contributed by atoms with E-state index in [1.165, 1.54) is 13.2 Å². The number of rotatable bonds is 7. The fourth-order valence-electron chi connectivity index (χ4n) is 2.23. The molecule has 0 amide bonds. The summed E-state index contributed by atoms with van der Waals surface area (Å²) in [6, 6.07) is 13.6. The van der Waals surface area contributed by atoms with Crippen molar-refractivity contribution in [3.8, 4) is 5.75 Å². The van der Waals surface area contributed by atoms with Gasteiger partial charge in [0.2, 0.25) is 0 Å². The monoisotopic (exact) mass is 335 g/mol. The Bertz CT molecular complexity index is 674. The molecular formula is C18H19F2NO3. The molecule has 0 aliphatic rings. The van der Waals surface area contributed by atoms with Crippen molar-refractivity contribution < 1.29 is 23.0 Å². The molecule has 0 radical (unpaired) electrons. The summed E-state index contributed by atoms with van der Waals surface area (Å²) in [7, 11) is 1.34. The third-order valence-corrected chi connectivity index (χ3v) is 3.57. The minimum absolute atomic E-state index is 0.0495. The van der Waals surface area contributed by atoms with Gasteiger partial charge in [0.25, 0.3) is 0 Å². The number of alkyl halides is 2. The van der Waals surface area contributed by atoms with Crippen molar-refractivity contribution in [1.29, 1.82) is 0 Å². The summed E-state index contributed by atoms with van der Waals surface area (Å²) in [5.41, 5.74) is 2.33. The lowest BCUT2D eigenvalue weighted by Gasteiger charge is -2.15. The molecule has 0 aromatic heterocycles. The molecule has 2 aromatic carbocycles. The van der Waals surface area contributed by atoms with E-state index in [0.717, 1.165) is 11.1 Å². The van der Waals surface area contributed by atoms with Crippen molar-refractivity contribution in [2.45, 2.75) is 26.1 Å². The Hall–Kier alpha value is -2.47. The Balaban J connectivity index is 1.95. The molecule has 1 unspecified atom stereocenters. The zero-order valence-corrected chi connectivity index (χ0v) is 13.5. The molecule has 0 saturated heterocycles. The summed E-state index contributed by atoms with van der Waals surface area (Å²) in [6.07, 6.45) is 0. The number of halogens is 2. The number of benzene rings is 2. The molecule has 2 aromatic rings. The van der Waals surface area contributed by atoms with Gasteiger partial charge in [-0.2, -0.15) is 8.78 Å². The molecule has 0 aliphatic carbocycles. The molecule has 0 fully saturated rings. The van der Waals surface area contributed by atoms with Crippen molar-refractivity contribution in [2.24, 2.45) is 0 Å². The van der Waals surface area contributed by atoms with Gasteiger partial charge in [-0.15, -0.1) is 0 Å². The van der Waals surface area contributed by atoms with Gasteiger partial charge in [0.1, 0.15) is 5.75 Å². The Morgan fingerprint density at radius 2 is 1.88 bits per heavy atom. The quantitative estimate of drug-likeness (QED) is 0.779. The number of methoxy groups -OCH3 is 1. The van der Waals surface area contributed by atoms with E-state index in [1.54, 1.807) is 24.3 Å². The lowest BCUT2D eigenvalue weighted by molar-refractivity contribution is -0.0499. The molecule has 1 N–H and O–H groups in total. The average molecular weight is 335 g/mol. The van der Waals surface area contributed by atoms with Crippen LogP contribution in [0.5, 0.6) is 5.75 Å². The number of ether oxygens (including phenoxy) is 2. The van der Waals surface area contributed by atoms with Crippen LogP contribution in [0.15, 0.2) is 48.5 Å². The first kappa shape index (κ1) is 17.9. The number of esters is 1. The standard InChI is InChI=1S/C18H19F2NO3/c1-12(15-4-3-5-16(10-15)24-18(19)20)21-11-13-6-8-14(9-7-13)17(22)23-2/h3-10,12,18,21H,11H2,1-2H3. The molecule has 0 bridgehead atoms. The predicted molar refractivity (Wildman–Crippen MR) is 86.1 cm³/mol. The second-order valence-corrected chi connectivity index (χ2v) is 5.24. The maximum Gasteiger partial charge on any atom is 0.387 e. The maximum atomic E-state index is 12.3. The Morgan fingerprint density at radius 1 is 1.17 bits per heavy atom. The molecule has 6 heteroatoms. The van der Waals surface area contributed by atoms with E-state index in [0.29, 0.717) is 12.1 Å². The Morgan fingerprint density at radius 3 is 2.50 bits per heavy atom. The summed E-state index contributed by atoms with van der Waals surface area (Å²) in [6.45, 7) is -0.329. The van der Waals surface area contributed by atoms with Gasteiger partial charge in [0, 0.05) is 12.6 Å². The number of hydrogen-bond donors (Lipinski definition) is 1. The maximum absolute atomic E-state index is 12.3. The summed E-state index contributed by atoms with van der Waals surface area (Å²) in [4.78, 5) is 11.4. The minimum atomic E-state index is -2.84. The highest BCUT2D eigenvalue weighted by Gasteiger charge is 2.09. The van der Waals surface area contributed by atoms with E-state index in [9.17, 15) is 13.6 Å². The van der Waals surface area contributed by atoms with Gasteiger partial charge in [-0.25, -0.2) is 4.79 Å². The van der Waals surface area contributed by atoms with Crippen LogP contribution in [-0.4, -0.2) is 19.7 Å². The van der Waals surface area contributed by atoms with Crippen LogP contribution >= 0.6 is 0 Å². The first-order chi connectivity index (χ1) is 11.5. The highest BCUT2D eigenvalue weighted by atomic mass is 19.3. The molecule has 0 aliphatic heterocycles. The van der Waals surface area contributed by atoms with E-state index in [2.05, 4.69) is 14.8 Å². The normalized spacial score (nSPS) is 12.0. The predicted octanol–water partition coefficient (Wildman–Crippen LogP) is 3.93. The summed E-state index contributed by atoms with van der Waals surface area (Å²) in [5.74, 6) is -0.239. The largest absolute Gasteiger partial charge is 0.465 e. The molecule has 2 rings (SSSR count). The number of carbonyl (C=O) groups is 1. The van der Waals surface area contributed by atoms with E-state index < -0.39 is 6.61 Å². The van der Waals surface area contributed by atoms with Crippen LogP contribution in [0.1, 0.15) is 34.5 Å². The third kappa shape index (κ3) is 5.03. The van der Waals surface area contributed by atoms with Gasteiger partial charge < -0.3 is 14.8 Å². The highest BCUT2D eigenvalue weighted by Crippen LogP contribution is 2.21. The summed E-state index contributed by atoms with van der Waals surface area (Å²) in [5, 5.41) is 3.30. The van der Waals surface area contributed by atoms with Crippen LogP contribution in [0.4, 0.5) is 8.78 Å². The smallest absolute Gasteiger partial charge is 0.387 e. The van der Waals surface area contributed by atoms with Crippen LogP contribution in [0.3, 0.4) is 0 Å². The van der Waals surface area contributed by atoms with Gasteiger partial charge in [0.05, 0.1) is 12.7 Å². The number of nitrogens with one attached hydrogen (secondary N) is 1. The molecule has 4 nitrogen and oxygen atoms in total. The van der Waals surface area contributed by atoms with Gasteiger partial charge in [-0.05, 0) is 42.3 Å². The molecule has 0 spiro atoms. The van der Waals surface area contributed by atoms with Crippen LogP contribution in [0.2, 0.25) is 0 Å². The Kier molecular flexibility index (Phi) is 6.26. The second kappa shape index (κ2) is 8.40. The van der Waals surface area contributed by atoms with E-state index >= 15 is 0 Å². The highest BCUT2D eigenvalue weighted by molar-refractivity contribution is 5.89. The molecule has 24 heavy (non-hydrogen) atoms. The van der Waals surface area contributed by atoms with Crippen molar-refractivity contribution in [3.05, 3.63) is 65.2 Å². The molecule has 0 heterocycles. The number of hydrogen-bond acceptors (Lipinski definition) is 4. The van der Waals surface area contributed by atoms with Crippen LogP contribution in [0, 0.1) is 0 Å². The fraction of sp³-hybridized carbons (Fsp3) is 0.278. The van der Waals surface area contributed by atoms with Gasteiger partial charge in [-0.3, -0.25) is 0 Å². The first-order valence-corrected chi connectivity index (χ1v) is 7.45. The zero-order chi connectivity index (χ0) is 17.5. The van der Waals surface area contributed by atoms with E-state index in [-0.39, 0.29) is 17.8 Å². The van der Waals surface area contributed by atoms with E-state index in [4.69, 9.17) is 0 Å². The molecular weight excluding hydrogens is 316 g/mol. The minimum Gasteiger partial charge on any atom is -0.465 e. The Labute approximate surface area is 139 Å². The molecule has 0 saturated carbocycles. The molecule has 128 valence electrons. The van der Waals surface area contributed by atoms with Crippen molar-refractivity contribution in [1.82, 2.24) is 5.32 Å². The first-order valence-electron chi connectivity index (χ1n) is 7.45. The van der Waals surface area contributed by atoms with Crippen molar-refractivity contribution in [2.75, 3.05) is 7.11 Å². The van der Waals surface area contributed by atoms with Gasteiger partial charge in [-0.1, -0.05) is 24.3 Å². The second-order valence-electron chi connectivity index (χ2n) is 5.24. The summed E-state index contributed by atoms with van der Waals surface area (Å²) < 4.78 is 33.6. The van der Waals surface area contributed by atoms with E-state index in [1.807, 2.05) is 25.1 Å². The van der Waals surface area contributed by atoms with Gasteiger partial charge >= 0.3 is 12.6 Å². The fourth-order valence-corrected chi connectivity index (χ4v) is 2.23.